The number of benzene rings is 1. The molecule has 0 bridgehead atoms. The highest BCUT2D eigenvalue weighted by Gasteiger charge is 2.21. The number of nitrogens with zero attached hydrogens (tertiary/aromatic N) is 4. The maximum Gasteiger partial charge on any atom is 0.233 e. The molecule has 0 radical (unpaired) electrons. The molecule has 2 heterocycles. The lowest BCUT2D eigenvalue weighted by Gasteiger charge is -2.20. The number of rotatable bonds is 9. The highest BCUT2D eigenvalue weighted by Crippen LogP contribution is 2.28. The van der Waals surface area contributed by atoms with Crippen molar-refractivity contribution >= 4 is 17.7 Å². The Bertz CT molecular complexity index is 810. The second-order valence-electron chi connectivity index (χ2n) is 6.71. The minimum absolute atomic E-state index is 0.0377. The summed E-state index contributed by atoms with van der Waals surface area (Å²) in [6, 6.07) is 12.3. The molecule has 1 unspecified atom stereocenters. The van der Waals surface area contributed by atoms with Gasteiger partial charge in [0.1, 0.15) is 0 Å². The number of nitriles is 1. The molecule has 3 rings (SSSR count). The van der Waals surface area contributed by atoms with E-state index in [1.54, 1.807) is 4.90 Å². The summed E-state index contributed by atoms with van der Waals surface area (Å²) in [5.74, 6) is 0.353. The van der Waals surface area contributed by atoms with Crippen LogP contribution in [0.2, 0.25) is 0 Å². The highest BCUT2D eigenvalue weighted by molar-refractivity contribution is 7.99. The summed E-state index contributed by atoms with van der Waals surface area (Å²) in [5.41, 5.74) is 2.15. The van der Waals surface area contributed by atoms with Gasteiger partial charge in [0.25, 0.3) is 0 Å². The smallest absolute Gasteiger partial charge is 0.233 e. The van der Waals surface area contributed by atoms with E-state index in [2.05, 4.69) is 27.8 Å². The van der Waals surface area contributed by atoms with Crippen LogP contribution in [0, 0.1) is 11.3 Å². The molecule has 0 aliphatic carbocycles. The maximum absolute atomic E-state index is 12.5. The molecule has 0 N–H and O–H groups in total. The minimum Gasteiger partial charge on any atom is -0.376 e. The molecule has 1 aromatic heterocycles. The van der Waals surface area contributed by atoms with Crippen molar-refractivity contribution in [2.45, 2.75) is 44.0 Å². The van der Waals surface area contributed by atoms with Crippen molar-refractivity contribution in [3.63, 3.8) is 0 Å². The first-order valence-electron chi connectivity index (χ1n) is 9.73. The molecule has 28 heavy (non-hydrogen) atoms. The Morgan fingerprint density at radius 3 is 2.93 bits per heavy atom. The molecule has 7 heteroatoms. The van der Waals surface area contributed by atoms with Gasteiger partial charge >= 0.3 is 0 Å². The number of hydrogen-bond acceptors (Lipinski definition) is 5. The van der Waals surface area contributed by atoms with Gasteiger partial charge in [0, 0.05) is 19.7 Å². The fourth-order valence-corrected chi connectivity index (χ4v) is 4.23. The number of thioether (sulfide) groups is 1. The van der Waals surface area contributed by atoms with Crippen LogP contribution in [0.4, 0.5) is 0 Å². The maximum atomic E-state index is 12.5. The first-order valence-corrected chi connectivity index (χ1v) is 10.7. The van der Waals surface area contributed by atoms with E-state index >= 15 is 0 Å². The van der Waals surface area contributed by atoms with Crippen LogP contribution in [0.15, 0.2) is 41.7 Å². The minimum atomic E-state index is 0.0377. The van der Waals surface area contributed by atoms with E-state index in [9.17, 15) is 4.79 Å². The number of aromatic nitrogens is 2. The van der Waals surface area contributed by atoms with Crippen molar-refractivity contribution in [3.8, 4) is 17.3 Å². The van der Waals surface area contributed by atoms with Gasteiger partial charge in [-0.1, -0.05) is 42.1 Å². The summed E-state index contributed by atoms with van der Waals surface area (Å²) >= 11 is 1.45. The third kappa shape index (κ3) is 5.15. The van der Waals surface area contributed by atoms with Gasteiger partial charge in [-0.2, -0.15) is 5.26 Å². The quantitative estimate of drug-likeness (QED) is 0.604. The van der Waals surface area contributed by atoms with E-state index in [4.69, 9.17) is 10.00 Å². The largest absolute Gasteiger partial charge is 0.376 e. The molecule has 2 aromatic rings. The number of hydrogen-bond donors (Lipinski definition) is 0. The summed E-state index contributed by atoms with van der Waals surface area (Å²) in [6.45, 7) is 4.58. The molecule has 1 amide bonds. The van der Waals surface area contributed by atoms with Gasteiger partial charge in [-0.05, 0) is 25.3 Å². The monoisotopic (exact) mass is 398 g/mol. The number of ether oxygens (including phenoxy) is 1. The predicted octanol–water partition coefficient (Wildman–Crippen LogP) is 3.58. The number of carbonyl (C=O) groups is 1. The van der Waals surface area contributed by atoms with Crippen molar-refractivity contribution < 1.29 is 9.53 Å². The molecule has 6 nitrogen and oxygen atoms in total. The SMILES string of the molecule is CCN(CCC#N)C(=O)CSc1ncc(-c2ccccc2)n1CC1CCCO1. The third-order valence-electron chi connectivity index (χ3n) is 4.85. The summed E-state index contributed by atoms with van der Waals surface area (Å²) in [5, 5.41) is 9.60. The molecule has 1 aromatic carbocycles. The lowest BCUT2D eigenvalue weighted by Crippen LogP contribution is -2.33. The van der Waals surface area contributed by atoms with Crippen LogP contribution in [0.3, 0.4) is 0 Å². The Kier molecular flexibility index (Phi) is 7.52. The van der Waals surface area contributed by atoms with Crippen molar-refractivity contribution in [2.75, 3.05) is 25.4 Å². The fraction of sp³-hybridized carbons (Fsp3) is 0.476. The van der Waals surface area contributed by atoms with E-state index in [-0.39, 0.29) is 12.0 Å². The Hall–Kier alpha value is -2.30. The first kappa shape index (κ1) is 20.4. The molecular formula is C21H26N4O2S. The summed E-state index contributed by atoms with van der Waals surface area (Å²) < 4.78 is 8.01. The molecule has 1 saturated heterocycles. The van der Waals surface area contributed by atoms with Crippen molar-refractivity contribution in [2.24, 2.45) is 0 Å². The lowest BCUT2D eigenvalue weighted by molar-refractivity contribution is -0.128. The Labute approximate surface area is 170 Å². The fourth-order valence-electron chi connectivity index (χ4n) is 3.34. The lowest BCUT2D eigenvalue weighted by atomic mass is 10.1. The second kappa shape index (κ2) is 10.3. The molecule has 0 saturated carbocycles. The Balaban J connectivity index is 1.75. The van der Waals surface area contributed by atoms with E-state index in [1.165, 1.54) is 11.8 Å². The van der Waals surface area contributed by atoms with Crippen molar-refractivity contribution in [1.82, 2.24) is 14.5 Å². The van der Waals surface area contributed by atoms with E-state index in [0.717, 1.165) is 42.4 Å². The van der Waals surface area contributed by atoms with Gasteiger partial charge in [0.15, 0.2) is 5.16 Å². The van der Waals surface area contributed by atoms with Crippen LogP contribution in [0.25, 0.3) is 11.3 Å². The van der Waals surface area contributed by atoms with Gasteiger partial charge in [0.05, 0.1) is 42.8 Å². The van der Waals surface area contributed by atoms with E-state index in [1.807, 2.05) is 31.3 Å². The number of imidazole rings is 1. The molecule has 1 aliphatic heterocycles. The van der Waals surface area contributed by atoms with E-state index in [0.29, 0.717) is 25.3 Å². The third-order valence-corrected chi connectivity index (χ3v) is 5.83. The predicted molar refractivity (Wildman–Crippen MR) is 110 cm³/mol. The second-order valence-corrected chi connectivity index (χ2v) is 7.65. The normalized spacial score (nSPS) is 16.1. The molecule has 1 aliphatic rings. The van der Waals surface area contributed by atoms with Crippen molar-refractivity contribution in [1.29, 1.82) is 5.26 Å². The molecule has 1 fully saturated rings. The average Bonchev–Trinajstić information content (AvgIpc) is 3.38. The van der Waals surface area contributed by atoms with Crippen LogP contribution in [0.1, 0.15) is 26.2 Å². The summed E-state index contributed by atoms with van der Waals surface area (Å²) in [6.07, 6.45) is 4.56. The van der Waals surface area contributed by atoms with Crippen LogP contribution in [-0.4, -0.2) is 51.9 Å². The van der Waals surface area contributed by atoms with Crippen molar-refractivity contribution in [3.05, 3.63) is 36.5 Å². The standard InChI is InChI=1S/C21H26N4O2S/c1-2-24(12-7-11-22)20(26)16-28-21-23-14-19(17-8-4-3-5-9-17)25(21)15-18-10-6-13-27-18/h3-5,8-9,14,18H,2,6-7,10,12-13,15-16H2,1H3. The average molecular weight is 399 g/mol. The zero-order chi connectivity index (χ0) is 19.8. The summed E-state index contributed by atoms with van der Waals surface area (Å²) in [7, 11) is 0. The van der Waals surface area contributed by atoms with Gasteiger partial charge < -0.3 is 14.2 Å². The molecular weight excluding hydrogens is 372 g/mol. The van der Waals surface area contributed by atoms with Crippen LogP contribution < -0.4 is 0 Å². The topological polar surface area (TPSA) is 71.2 Å². The van der Waals surface area contributed by atoms with Gasteiger partial charge in [-0.15, -0.1) is 0 Å². The highest BCUT2D eigenvalue weighted by atomic mass is 32.2. The van der Waals surface area contributed by atoms with Crippen LogP contribution >= 0.6 is 11.8 Å². The zero-order valence-corrected chi connectivity index (χ0v) is 17.0. The Morgan fingerprint density at radius 2 is 2.25 bits per heavy atom. The number of carbonyl (C=O) groups excluding carboxylic acids is 1. The zero-order valence-electron chi connectivity index (χ0n) is 16.2. The first-order chi connectivity index (χ1) is 13.7. The summed E-state index contributed by atoms with van der Waals surface area (Å²) in [4.78, 5) is 18.8. The number of amides is 1. The Morgan fingerprint density at radius 1 is 1.43 bits per heavy atom. The van der Waals surface area contributed by atoms with Gasteiger partial charge in [-0.3, -0.25) is 4.79 Å². The van der Waals surface area contributed by atoms with Gasteiger partial charge in [0.2, 0.25) is 5.91 Å². The molecule has 1 atom stereocenters. The van der Waals surface area contributed by atoms with Gasteiger partial charge in [-0.25, -0.2) is 4.98 Å². The van der Waals surface area contributed by atoms with Crippen LogP contribution in [0.5, 0.6) is 0 Å². The molecule has 0 spiro atoms. The molecule has 148 valence electrons. The van der Waals surface area contributed by atoms with Crippen LogP contribution in [-0.2, 0) is 16.1 Å². The van der Waals surface area contributed by atoms with E-state index < -0.39 is 0 Å².